The van der Waals surface area contributed by atoms with E-state index in [4.69, 9.17) is 11.6 Å². The van der Waals surface area contributed by atoms with E-state index in [-0.39, 0.29) is 5.69 Å². The third kappa shape index (κ3) is 1.84. The highest BCUT2D eigenvalue weighted by atomic mass is 35.5. The molecule has 19 heavy (non-hydrogen) atoms. The van der Waals surface area contributed by atoms with Crippen LogP contribution in [0.25, 0.3) is 5.65 Å². The van der Waals surface area contributed by atoms with Gasteiger partial charge >= 0.3 is 5.69 Å². The van der Waals surface area contributed by atoms with Crippen molar-refractivity contribution in [1.82, 2.24) is 24.0 Å². The molecule has 0 aliphatic carbocycles. The lowest BCUT2D eigenvalue weighted by Crippen LogP contribution is -2.22. The fourth-order valence-electron chi connectivity index (χ4n) is 2.06. The second-order valence-corrected chi connectivity index (χ2v) is 4.72. The van der Waals surface area contributed by atoms with Crippen molar-refractivity contribution in [1.29, 1.82) is 0 Å². The molecule has 3 aromatic heterocycles. The molecule has 6 nitrogen and oxygen atoms in total. The van der Waals surface area contributed by atoms with Crippen LogP contribution >= 0.6 is 11.6 Å². The van der Waals surface area contributed by atoms with E-state index in [1.54, 1.807) is 30.1 Å². The molecule has 0 radical (unpaired) electrons. The third-order valence-corrected chi connectivity index (χ3v) is 3.54. The van der Waals surface area contributed by atoms with Gasteiger partial charge in [-0.3, -0.25) is 9.08 Å². The lowest BCUT2D eigenvalue weighted by molar-refractivity contribution is 0.603. The number of pyridine rings is 1. The minimum Gasteiger partial charge on any atom is -0.269 e. The first kappa shape index (κ1) is 12.0. The van der Waals surface area contributed by atoms with Gasteiger partial charge in [0.25, 0.3) is 0 Å². The number of fused-ring (bicyclic) bond motifs is 1. The van der Waals surface area contributed by atoms with Crippen LogP contribution in [0.2, 0.25) is 5.02 Å². The summed E-state index contributed by atoms with van der Waals surface area (Å²) in [6.45, 7) is 2.13. The molecular formula is C12H12ClN5O. The average molecular weight is 278 g/mol. The van der Waals surface area contributed by atoms with Crippen LogP contribution in [0.1, 0.15) is 11.4 Å². The second-order valence-electron chi connectivity index (χ2n) is 4.34. The van der Waals surface area contributed by atoms with Crippen molar-refractivity contribution < 1.29 is 0 Å². The summed E-state index contributed by atoms with van der Waals surface area (Å²) in [5.74, 6) is 0. The Morgan fingerprint density at radius 1 is 1.32 bits per heavy atom. The van der Waals surface area contributed by atoms with Crippen LogP contribution in [-0.2, 0) is 13.6 Å². The Morgan fingerprint density at radius 3 is 2.74 bits per heavy atom. The molecule has 0 bridgehead atoms. The van der Waals surface area contributed by atoms with E-state index < -0.39 is 0 Å². The molecule has 0 saturated heterocycles. The summed E-state index contributed by atoms with van der Waals surface area (Å²) in [6, 6.07) is 5.42. The summed E-state index contributed by atoms with van der Waals surface area (Å²) < 4.78 is 4.56. The maximum Gasteiger partial charge on any atom is 0.350 e. The summed E-state index contributed by atoms with van der Waals surface area (Å²) >= 11 is 6.18. The number of aryl methyl sites for hydroxylation is 2. The van der Waals surface area contributed by atoms with E-state index in [1.165, 1.54) is 9.08 Å². The van der Waals surface area contributed by atoms with Gasteiger partial charge in [-0.2, -0.15) is 5.10 Å². The van der Waals surface area contributed by atoms with Crippen LogP contribution in [0.15, 0.2) is 29.2 Å². The summed E-state index contributed by atoms with van der Waals surface area (Å²) in [6.07, 6.45) is 1.69. The summed E-state index contributed by atoms with van der Waals surface area (Å²) in [5.41, 5.74) is 1.94. The number of rotatable bonds is 2. The van der Waals surface area contributed by atoms with Crippen molar-refractivity contribution in [2.24, 2.45) is 7.05 Å². The van der Waals surface area contributed by atoms with Crippen LogP contribution in [0, 0.1) is 6.92 Å². The maximum atomic E-state index is 12.2. The molecule has 0 fully saturated rings. The van der Waals surface area contributed by atoms with Gasteiger partial charge in [-0.05, 0) is 19.1 Å². The number of hydrogen-bond donors (Lipinski definition) is 0. The lowest BCUT2D eigenvalue weighted by atomic mass is 10.3. The quantitative estimate of drug-likeness (QED) is 0.708. The maximum absolute atomic E-state index is 12.2. The standard InChI is InChI=1S/C12H12ClN5O/c1-8-11(13)9(16(2)14-8)7-18-12(19)17-6-4-3-5-10(17)15-18/h3-6H,7H2,1-2H3. The first-order chi connectivity index (χ1) is 9.08. The van der Waals surface area contributed by atoms with Crippen LogP contribution in [0.4, 0.5) is 0 Å². The summed E-state index contributed by atoms with van der Waals surface area (Å²) in [4.78, 5) is 12.2. The number of nitrogens with zero attached hydrogens (tertiary/aromatic N) is 5. The van der Waals surface area contributed by atoms with Gasteiger partial charge < -0.3 is 0 Å². The van der Waals surface area contributed by atoms with E-state index in [9.17, 15) is 4.79 Å². The van der Waals surface area contributed by atoms with Crippen molar-refractivity contribution >= 4 is 17.2 Å². The van der Waals surface area contributed by atoms with Gasteiger partial charge in [-0.15, -0.1) is 5.10 Å². The third-order valence-electron chi connectivity index (χ3n) is 3.05. The van der Waals surface area contributed by atoms with E-state index in [0.29, 0.717) is 17.2 Å². The molecule has 0 saturated carbocycles. The minimum absolute atomic E-state index is 0.189. The molecule has 0 amide bonds. The molecule has 0 aliphatic rings. The summed E-state index contributed by atoms with van der Waals surface area (Å²) in [5, 5.41) is 9.07. The van der Waals surface area contributed by atoms with Crippen molar-refractivity contribution in [3.05, 3.63) is 51.3 Å². The Kier molecular flexibility index (Phi) is 2.67. The largest absolute Gasteiger partial charge is 0.350 e. The Morgan fingerprint density at radius 2 is 2.11 bits per heavy atom. The molecular weight excluding hydrogens is 266 g/mol. The predicted molar refractivity (Wildman–Crippen MR) is 71.5 cm³/mol. The normalized spacial score (nSPS) is 11.3. The van der Waals surface area contributed by atoms with Crippen molar-refractivity contribution in [2.45, 2.75) is 13.5 Å². The minimum atomic E-state index is -0.189. The van der Waals surface area contributed by atoms with E-state index >= 15 is 0 Å². The fraction of sp³-hybridized carbons (Fsp3) is 0.250. The topological polar surface area (TPSA) is 57.1 Å². The Labute approximate surface area is 113 Å². The van der Waals surface area contributed by atoms with Gasteiger partial charge in [0.1, 0.15) is 0 Å². The highest BCUT2D eigenvalue weighted by Gasteiger charge is 2.14. The van der Waals surface area contributed by atoms with Gasteiger partial charge in [0.05, 0.1) is 23.0 Å². The highest BCUT2D eigenvalue weighted by molar-refractivity contribution is 6.31. The van der Waals surface area contributed by atoms with Crippen LogP contribution in [-0.4, -0.2) is 24.0 Å². The molecule has 0 atom stereocenters. The van der Waals surface area contributed by atoms with Crippen LogP contribution < -0.4 is 5.69 Å². The SMILES string of the molecule is Cc1nn(C)c(Cn2nc3ccccn3c2=O)c1Cl. The zero-order valence-electron chi connectivity index (χ0n) is 10.5. The summed E-state index contributed by atoms with van der Waals surface area (Å²) in [7, 11) is 1.80. The van der Waals surface area contributed by atoms with Gasteiger partial charge in [0.15, 0.2) is 5.65 Å². The fourth-order valence-corrected chi connectivity index (χ4v) is 2.28. The number of halogens is 1. The second kappa shape index (κ2) is 4.24. The molecule has 3 rings (SSSR count). The Hall–Kier alpha value is -2.08. The monoisotopic (exact) mass is 277 g/mol. The Bertz CT molecular complexity index is 813. The first-order valence-electron chi connectivity index (χ1n) is 5.80. The number of hydrogen-bond acceptors (Lipinski definition) is 3. The van der Waals surface area contributed by atoms with Gasteiger partial charge in [-0.1, -0.05) is 17.7 Å². The lowest BCUT2D eigenvalue weighted by Gasteiger charge is -2.01. The van der Waals surface area contributed by atoms with E-state index in [1.807, 2.05) is 13.0 Å². The zero-order chi connectivity index (χ0) is 13.6. The molecule has 0 unspecified atom stereocenters. The zero-order valence-corrected chi connectivity index (χ0v) is 11.3. The average Bonchev–Trinajstić information content (AvgIpc) is 2.83. The van der Waals surface area contributed by atoms with Crippen LogP contribution in [0.5, 0.6) is 0 Å². The molecule has 7 heteroatoms. The van der Waals surface area contributed by atoms with Gasteiger partial charge in [-0.25, -0.2) is 9.48 Å². The molecule has 3 heterocycles. The van der Waals surface area contributed by atoms with Crippen molar-refractivity contribution in [3.8, 4) is 0 Å². The van der Waals surface area contributed by atoms with Gasteiger partial charge in [0, 0.05) is 13.2 Å². The molecule has 98 valence electrons. The van der Waals surface area contributed by atoms with Crippen LogP contribution in [0.3, 0.4) is 0 Å². The van der Waals surface area contributed by atoms with E-state index in [0.717, 1.165) is 11.4 Å². The predicted octanol–water partition coefficient (Wildman–Crippen LogP) is 1.24. The number of aromatic nitrogens is 5. The molecule has 0 aliphatic heterocycles. The smallest absolute Gasteiger partial charge is 0.269 e. The first-order valence-corrected chi connectivity index (χ1v) is 6.18. The molecule has 0 aromatic carbocycles. The van der Waals surface area contributed by atoms with Gasteiger partial charge in [0.2, 0.25) is 0 Å². The molecule has 3 aromatic rings. The highest BCUT2D eigenvalue weighted by Crippen LogP contribution is 2.19. The molecule has 0 N–H and O–H groups in total. The molecule has 0 spiro atoms. The van der Waals surface area contributed by atoms with Crippen molar-refractivity contribution in [3.63, 3.8) is 0 Å². The van der Waals surface area contributed by atoms with E-state index in [2.05, 4.69) is 10.2 Å². The Balaban J connectivity index is 2.11. The van der Waals surface area contributed by atoms with Crippen molar-refractivity contribution in [2.75, 3.05) is 0 Å².